The minimum Gasteiger partial charge on any atom is -0.477 e. The lowest BCUT2D eigenvalue weighted by molar-refractivity contribution is -0.132. The first kappa shape index (κ1) is 25.9. The summed E-state index contributed by atoms with van der Waals surface area (Å²) in [5.41, 5.74) is 5.38. The van der Waals surface area contributed by atoms with Gasteiger partial charge in [-0.05, 0) is 90.9 Å². The van der Waals surface area contributed by atoms with Crippen molar-refractivity contribution in [2.75, 3.05) is 4.90 Å². The van der Waals surface area contributed by atoms with Crippen LogP contribution < -0.4 is 4.90 Å². The Kier molecular flexibility index (Phi) is 7.83. The van der Waals surface area contributed by atoms with Crippen LogP contribution in [-0.4, -0.2) is 11.1 Å². The zero-order valence-corrected chi connectivity index (χ0v) is 22.7. The van der Waals surface area contributed by atoms with E-state index in [1.807, 2.05) is 24.3 Å². The fourth-order valence-electron chi connectivity index (χ4n) is 4.21. The van der Waals surface area contributed by atoms with Gasteiger partial charge in [0.25, 0.3) is 0 Å². The molecule has 0 amide bonds. The highest BCUT2D eigenvalue weighted by Gasteiger charge is 2.14. The van der Waals surface area contributed by atoms with E-state index in [-0.39, 0.29) is 5.57 Å². The van der Waals surface area contributed by atoms with Gasteiger partial charge >= 0.3 is 5.97 Å². The molecule has 0 spiro atoms. The van der Waals surface area contributed by atoms with Crippen LogP contribution in [0, 0.1) is 18.3 Å². The zero-order chi connectivity index (χ0) is 27.2. The predicted molar refractivity (Wildman–Crippen MR) is 164 cm³/mol. The van der Waals surface area contributed by atoms with Crippen LogP contribution in [0.4, 0.5) is 17.1 Å². The molecule has 0 aliphatic carbocycles. The normalized spacial score (nSPS) is 11.4. The second kappa shape index (κ2) is 11.8. The van der Waals surface area contributed by atoms with Crippen molar-refractivity contribution in [2.45, 2.75) is 6.92 Å². The van der Waals surface area contributed by atoms with E-state index < -0.39 is 5.97 Å². The fourth-order valence-corrected chi connectivity index (χ4v) is 6.17. The summed E-state index contributed by atoms with van der Waals surface area (Å²) < 4.78 is 0. The number of rotatable bonds is 8. The molecule has 0 radical (unpaired) electrons. The van der Waals surface area contributed by atoms with Crippen molar-refractivity contribution in [3.8, 4) is 15.8 Å². The van der Waals surface area contributed by atoms with Gasteiger partial charge in [-0.15, -0.1) is 22.7 Å². The van der Waals surface area contributed by atoms with Gasteiger partial charge in [-0.3, -0.25) is 0 Å². The number of carboxylic acid groups (broad SMARTS) is 1. The van der Waals surface area contributed by atoms with Crippen molar-refractivity contribution in [1.29, 1.82) is 5.26 Å². The van der Waals surface area contributed by atoms with Crippen LogP contribution in [0.5, 0.6) is 0 Å². The summed E-state index contributed by atoms with van der Waals surface area (Å²) in [6.07, 6.45) is 5.64. The number of thiophene rings is 2. The van der Waals surface area contributed by atoms with Crippen molar-refractivity contribution in [1.82, 2.24) is 0 Å². The van der Waals surface area contributed by atoms with E-state index >= 15 is 0 Å². The average Bonchev–Trinajstić information content (AvgIpc) is 3.62. The van der Waals surface area contributed by atoms with Crippen molar-refractivity contribution >= 4 is 63.9 Å². The van der Waals surface area contributed by atoms with Gasteiger partial charge in [0, 0.05) is 36.6 Å². The predicted octanol–water partition coefficient (Wildman–Crippen LogP) is 9.42. The summed E-state index contributed by atoms with van der Waals surface area (Å²) in [6.45, 7) is 2.14. The Balaban J connectivity index is 1.36. The lowest BCUT2D eigenvalue weighted by atomic mass is 10.1. The highest BCUT2D eigenvalue weighted by atomic mass is 32.1. The van der Waals surface area contributed by atoms with Gasteiger partial charge in [-0.25, -0.2) is 4.79 Å². The van der Waals surface area contributed by atoms with Gasteiger partial charge in [-0.2, -0.15) is 5.26 Å². The summed E-state index contributed by atoms with van der Waals surface area (Å²) in [6, 6.07) is 36.9. The fraction of sp³-hybridized carbons (Fsp3) is 0.0303. The molecule has 2 aromatic heterocycles. The number of para-hydroxylation sites is 2. The number of benzene rings is 3. The second-order valence-corrected chi connectivity index (χ2v) is 11.0. The Bertz CT molecular complexity index is 1670. The Labute approximate surface area is 235 Å². The number of nitrogens with zero attached hydrogens (tertiary/aromatic N) is 2. The first-order chi connectivity index (χ1) is 19.0. The Morgan fingerprint density at radius 1 is 0.795 bits per heavy atom. The van der Waals surface area contributed by atoms with E-state index in [2.05, 4.69) is 103 Å². The van der Waals surface area contributed by atoms with Crippen LogP contribution in [0.1, 0.15) is 20.9 Å². The van der Waals surface area contributed by atoms with Gasteiger partial charge in [0.1, 0.15) is 11.6 Å². The first-order valence-corrected chi connectivity index (χ1v) is 13.9. The quantitative estimate of drug-likeness (QED) is 0.156. The Morgan fingerprint density at radius 2 is 1.38 bits per heavy atom. The summed E-state index contributed by atoms with van der Waals surface area (Å²) >= 11 is 3.14. The number of nitriles is 1. The monoisotopic (exact) mass is 544 g/mol. The minimum absolute atomic E-state index is 0.268. The van der Waals surface area contributed by atoms with Crippen molar-refractivity contribution in [2.24, 2.45) is 0 Å². The number of hydrogen-bond donors (Lipinski definition) is 1. The molecular weight excluding hydrogens is 521 g/mol. The SMILES string of the molecule is Cc1cc(/C=C/c2ccc(-c3ccc(/C=C(/C#N)C(=O)O)s3)s2)ccc1N(c1ccccc1)c1ccccc1. The third-order valence-electron chi connectivity index (χ3n) is 6.06. The molecule has 1 N–H and O–H groups in total. The maximum absolute atomic E-state index is 11.1. The molecule has 0 bridgehead atoms. The van der Waals surface area contributed by atoms with E-state index in [1.165, 1.54) is 23.0 Å². The number of carboxylic acids is 1. The van der Waals surface area contributed by atoms with E-state index in [0.717, 1.165) is 42.1 Å². The summed E-state index contributed by atoms with van der Waals surface area (Å²) in [4.78, 5) is 17.4. The molecular formula is C33H24N2O2S2. The van der Waals surface area contributed by atoms with Crippen molar-refractivity contribution in [3.05, 3.63) is 130 Å². The summed E-state index contributed by atoms with van der Waals surface area (Å²) in [5, 5.41) is 18.1. The molecule has 5 aromatic rings. The summed E-state index contributed by atoms with van der Waals surface area (Å²) in [5.74, 6) is -1.22. The average molecular weight is 545 g/mol. The molecule has 4 nitrogen and oxygen atoms in total. The maximum atomic E-state index is 11.1. The molecule has 0 atom stereocenters. The highest BCUT2D eigenvalue weighted by Crippen LogP contribution is 2.37. The van der Waals surface area contributed by atoms with E-state index in [1.54, 1.807) is 17.4 Å². The molecule has 0 fully saturated rings. The van der Waals surface area contributed by atoms with Crippen LogP contribution in [0.2, 0.25) is 0 Å². The number of aryl methyl sites for hydroxylation is 1. The Hall–Kier alpha value is -4.70. The molecule has 0 saturated heterocycles. The zero-order valence-electron chi connectivity index (χ0n) is 21.1. The van der Waals surface area contributed by atoms with Crippen molar-refractivity contribution in [3.63, 3.8) is 0 Å². The summed E-state index contributed by atoms with van der Waals surface area (Å²) in [7, 11) is 0. The number of hydrogen-bond acceptors (Lipinski definition) is 5. The molecule has 6 heteroatoms. The third kappa shape index (κ3) is 6.07. The number of aliphatic carboxylic acids is 1. The minimum atomic E-state index is -1.22. The molecule has 3 aromatic carbocycles. The lowest BCUT2D eigenvalue weighted by Crippen LogP contribution is -2.11. The second-order valence-electron chi connectivity index (χ2n) is 8.76. The molecule has 0 unspecified atom stereocenters. The maximum Gasteiger partial charge on any atom is 0.346 e. The van der Waals surface area contributed by atoms with Crippen LogP contribution in [0.15, 0.2) is 109 Å². The van der Waals surface area contributed by atoms with E-state index in [4.69, 9.17) is 10.4 Å². The molecule has 0 aliphatic heterocycles. The van der Waals surface area contributed by atoms with Gasteiger partial charge in [0.05, 0.1) is 0 Å². The van der Waals surface area contributed by atoms with Gasteiger partial charge in [0.15, 0.2) is 0 Å². The topological polar surface area (TPSA) is 64.3 Å². The highest BCUT2D eigenvalue weighted by molar-refractivity contribution is 7.23. The van der Waals surface area contributed by atoms with Crippen LogP contribution in [0.25, 0.3) is 28.0 Å². The molecule has 190 valence electrons. The van der Waals surface area contributed by atoms with Crippen LogP contribution >= 0.6 is 22.7 Å². The molecule has 0 aliphatic rings. The van der Waals surface area contributed by atoms with Gasteiger partial charge in [0.2, 0.25) is 0 Å². The number of carbonyl (C=O) groups is 1. The largest absolute Gasteiger partial charge is 0.477 e. The van der Waals surface area contributed by atoms with E-state index in [9.17, 15) is 4.79 Å². The molecule has 0 saturated carbocycles. The first-order valence-electron chi connectivity index (χ1n) is 12.3. The van der Waals surface area contributed by atoms with Gasteiger partial charge in [-0.1, -0.05) is 48.5 Å². The van der Waals surface area contributed by atoms with Crippen LogP contribution in [0.3, 0.4) is 0 Å². The molecule has 39 heavy (non-hydrogen) atoms. The number of anilines is 3. The van der Waals surface area contributed by atoms with Gasteiger partial charge < -0.3 is 10.0 Å². The smallest absolute Gasteiger partial charge is 0.346 e. The van der Waals surface area contributed by atoms with Crippen LogP contribution in [-0.2, 0) is 4.79 Å². The molecule has 2 heterocycles. The standard InChI is InChI=1S/C33H24N2O2S2/c1-23-20-24(13-17-30(23)35(26-8-4-2-5-9-26)27-10-6-3-7-11-27)12-14-28-15-18-31(38-28)32-19-16-29(39-32)21-25(22-34)33(36)37/h2-21H,1H3,(H,36,37)/b14-12+,25-21-. The lowest BCUT2D eigenvalue weighted by Gasteiger charge is -2.27. The molecule has 5 rings (SSSR count). The Morgan fingerprint density at radius 3 is 1.95 bits per heavy atom. The third-order valence-corrected chi connectivity index (χ3v) is 8.34. The van der Waals surface area contributed by atoms with E-state index in [0.29, 0.717) is 0 Å². The van der Waals surface area contributed by atoms with Crippen molar-refractivity contribution < 1.29 is 9.90 Å².